The highest BCUT2D eigenvalue weighted by molar-refractivity contribution is 8.00. The number of benzene rings is 1. The molecule has 0 aliphatic heterocycles. The summed E-state index contributed by atoms with van der Waals surface area (Å²) in [7, 11) is 0. The summed E-state index contributed by atoms with van der Waals surface area (Å²) in [5.41, 5.74) is 6.12. The number of carbonyl (C=O) groups excluding carboxylic acids is 1. The Balaban J connectivity index is 2.54. The average Bonchev–Trinajstić information content (AvgIpc) is 2.29. The third-order valence-corrected chi connectivity index (χ3v) is 3.55. The predicted octanol–water partition coefficient (Wildman–Crippen LogP) is 2.90. The molecule has 1 aromatic carbocycles. The van der Waals surface area contributed by atoms with Gasteiger partial charge in [-0.1, -0.05) is 12.1 Å². The highest BCUT2D eigenvalue weighted by atomic mass is 32.2. The van der Waals surface area contributed by atoms with E-state index in [1.807, 2.05) is 20.8 Å². The molecule has 19 heavy (non-hydrogen) atoms. The van der Waals surface area contributed by atoms with Crippen molar-refractivity contribution in [1.82, 2.24) is 0 Å². The van der Waals surface area contributed by atoms with E-state index in [1.54, 1.807) is 12.1 Å². The number of ether oxygens (including phenoxy) is 1. The van der Waals surface area contributed by atoms with Crippen LogP contribution in [0.15, 0.2) is 24.3 Å². The van der Waals surface area contributed by atoms with Crippen LogP contribution < -0.4 is 5.73 Å². The molecule has 0 fully saturated rings. The van der Waals surface area contributed by atoms with Crippen LogP contribution in [0.3, 0.4) is 0 Å². The number of thioether (sulfide) groups is 1. The molecule has 0 heterocycles. The highest BCUT2D eigenvalue weighted by Crippen LogP contribution is 2.28. The maximum atomic E-state index is 12.8. The highest BCUT2D eigenvalue weighted by Gasteiger charge is 2.18. The van der Waals surface area contributed by atoms with Gasteiger partial charge in [0.1, 0.15) is 11.4 Å². The predicted molar refractivity (Wildman–Crippen MR) is 76.5 cm³/mol. The first-order chi connectivity index (χ1) is 8.81. The van der Waals surface area contributed by atoms with E-state index in [0.29, 0.717) is 6.54 Å². The lowest BCUT2D eigenvalue weighted by molar-refractivity contribution is -0.151. The number of nitrogens with two attached hydrogens (primary N) is 1. The van der Waals surface area contributed by atoms with Crippen molar-refractivity contribution in [2.45, 2.75) is 31.6 Å². The molecule has 0 aliphatic rings. The molecule has 5 heteroatoms. The van der Waals surface area contributed by atoms with E-state index in [9.17, 15) is 9.18 Å². The minimum absolute atomic E-state index is 0.0341. The number of rotatable bonds is 5. The number of hydrogen-bond donors (Lipinski definition) is 1. The normalized spacial score (nSPS) is 13.1. The molecule has 0 saturated carbocycles. The summed E-state index contributed by atoms with van der Waals surface area (Å²) in [6.45, 7) is 5.88. The lowest BCUT2D eigenvalue weighted by atomic mass is 10.1. The van der Waals surface area contributed by atoms with Gasteiger partial charge in [-0.25, -0.2) is 4.39 Å². The molecular formula is C14H20FNO2S. The summed E-state index contributed by atoms with van der Waals surface area (Å²) in [6, 6.07) is 6.17. The van der Waals surface area contributed by atoms with Crippen molar-refractivity contribution in [2.24, 2.45) is 5.73 Å². The van der Waals surface area contributed by atoms with E-state index >= 15 is 0 Å². The second-order valence-electron chi connectivity index (χ2n) is 5.17. The molecule has 1 atom stereocenters. The third-order valence-electron chi connectivity index (χ3n) is 2.28. The second kappa shape index (κ2) is 6.91. The Kier molecular flexibility index (Phi) is 5.82. The monoisotopic (exact) mass is 285 g/mol. The fraction of sp³-hybridized carbons (Fsp3) is 0.500. The first kappa shape index (κ1) is 16.0. The SMILES string of the molecule is CC(C)(C)OC(=O)CSC(CN)c1ccc(F)cc1. The Morgan fingerprint density at radius 1 is 1.37 bits per heavy atom. The number of esters is 1. The van der Waals surface area contributed by atoms with Gasteiger partial charge in [0.15, 0.2) is 0 Å². The molecular weight excluding hydrogens is 265 g/mol. The standard InChI is InChI=1S/C14H20FNO2S/c1-14(2,3)18-13(17)9-19-12(8-16)10-4-6-11(15)7-5-10/h4-7,12H,8-9,16H2,1-3H3. The molecule has 1 aromatic rings. The molecule has 2 N–H and O–H groups in total. The van der Waals surface area contributed by atoms with Crippen LogP contribution in [0.5, 0.6) is 0 Å². The van der Waals surface area contributed by atoms with Gasteiger partial charge in [0.2, 0.25) is 0 Å². The topological polar surface area (TPSA) is 52.3 Å². The first-order valence-corrected chi connectivity index (χ1v) is 7.15. The van der Waals surface area contributed by atoms with E-state index in [4.69, 9.17) is 10.5 Å². The molecule has 0 saturated heterocycles. The van der Waals surface area contributed by atoms with Gasteiger partial charge >= 0.3 is 5.97 Å². The Bertz CT molecular complexity index is 414. The molecule has 1 unspecified atom stereocenters. The van der Waals surface area contributed by atoms with Gasteiger partial charge in [-0.05, 0) is 38.5 Å². The summed E-state index contributed by atoms with van der Waals surface area (Å²) < 4.78 is 18.1. The Hall–Kier alpha value is -1.07. The van der Waals surface area contributed by atoms with E-state index in [-0.39, 0.29) is 22.8 Å². The summed E-state index contributed by atoms with van der Waals surface area (Å²) in [4.78, 5) is 11.6. The smallest absolute Gasteiger partial charge is 0.316 e. The molecule has 106 valence electrons. The summed E-state index contributed by atoms with van der Waals surface area (Å²) in [6.07, 6.45) is 0. The summed E-state index contributed by atoms with van der Waals surface area (Å²) in [5.74, 6) is -0.314. The van der Waals surface area contributed by atoms with Crippen LogP contribution in [0.2, 0.25) is 0 Å². The van der Waals surface area contributed by atoms with Gasteiger partial charge in [0.25, 0.3) is 0 Å². The van der Waals surface area contributed by atoms with E-state index in [2.05, 4.69) is 0 Å². The molecule has 0 bridgehead atoms. The largest absolute Gasteiger partial charge is 0.459 e. The van der Waals surface area contributed by atoms with Gasteiger partial charge in [-0.15, -0.1) is 11.8 Å². The van der Waals surface area contributed by atoms with E-state index < -0.39 is 5.60 Å². The summed E-state index contributed by atoms with van der Waals surface area (Å²) >= 11 is 1.41. The van der Waals surface area contributed by atoms with E-state index in [0.717, 1.165) is 5.56 Å². The Morgan fingerprint density at radius 3 is 2.42 bits per heavy atom. The van der Waals surface area contributed by atoms with Crippen molar-refractivity contribution in [3.05, 3.63) is 35.6 Å². The van der Waals surface area contributed by atoms with E-state index in [1.165, 1.54) is 23.9 Å². The summed E-state index contributed by atoms with van der Waals surface area (Å²) in [5, 5.41) is -0.0341. The van der Waals surface area contributed by atoms with Crippen LogP contribution in [-0.2, 0) is 9.53 Å². The zero-order valence-electron chi connectivity index (χ0n) is 11.5. The van der Waals surface area contributed by atoms with Crippen LogP contribution >= 0.6 is 11.8 Å². The third kappa shape index (κ3) is 6.07. The second-order valence-corrected chi connectivity index (χ2v) is 6.36. The lowest BCUT2D eigenvalue weighted by Gasteiger charge is -2.20. The maximum absolute atomic E-state index is 12.8. The van der Waals surface area contributed by atoms with Gasteiger partial charge < -0.3 is 10.5 Å². The first-order valence-electron chi connectivity index (χ1n) is 6.11. The zero-order valence-corrected chi connectivity index (χ0v) is 12.3. The zero-order chi connectivity index (χ0) is 14.5. The van der Waals surface area contributed by atoms with Gasteiger partial charge in [-0.3, -0.25) is 4.79 Å². The van der Waals surface area contributed by atoms with Crippen molar-refractivity contribution in [3.8, 4) is 0 Å². The maximum Gasteiger partial charge on any atom is 0.316 e. The van der Waals surface area contributed by atoms with Crippen molar-refractivity contribution >= 4 is 17.7 Å². The molecule has 1 rings (SSSR count). The van der Waals surface area contributed by atoms with Crippen LogP contribution in [0.4, 0.5) is 4.39 Å². The van der Waals surface area contributed by atoms with Crippen LogP contribution in [0.25, 0.3) is 0 Å². The van der Waals surface area contributed by atoms with Crippen molar-refractivity contribution in [3.63, 3.8) is 0 Å². The number of hydrogen-bond acceptors (Lipinski definition) is 4. The quantitative estimate of drug-likeness (QED) is 0.845. The average molecular weight is 285 g/mol. The Morgan fingerprint density at radius 2 is 1.95 bits per heavy atom. The molecule has 0 radical (unpaired) electrons. The van der Waals surface area contributed by atoms with Gasteiger partial charge in [0.05, 0.1) is 5.75 Å². The van der Waals surface area contributed by atoms with Crippen LogP contribution in [-0.4, -0.2) is 23.9 Å². The van der Waals surface area contributed by atoms with Gasteiger partial charge in [-0.2, -0.15) is 0 Å². The minimum Gasteiger partial charge on any atom is -0.459 e. The van der Waals surface area contributed by atoms with Crippen molar-refractivity contribution in [1.29, 1.82) is 0 Å². The lowest BCUT2D eigenvalue weighted by Crippen LogP contribution is -2.25. The van der Waals surface area contributed by atoms with Crippen LogP contribution in [0.1, 0.15) is 31.6 Å². The molecule has 0 amide bonds. The Labute approximate surface area is 117 Å². The molecule has 0 aliphatic carbocycles. The number of carbonyl (C=O) groups is 1. The van der Waals surface area contributed by atoms with Crippen molar-refractivity contribution < 1.29 is 13.9 Å². The fourth-order valence-electron chi connectivity index (χ4n) is 1.52. The number of halogens is 1. The fourth-order valence-corrected chi connectivity index (χ4v) is 2.40. The van der Waals surface area contributed by atoms with Crippen molar-refractivity contribution in [2.75, 3.05) is 12.3 Å². The van der Waals surface area contributed by atoms with Gasteiger partial charge in [0, 0.05) is 11.8 Å². The van der Waals surface area contributed by atoms with Crippen LogP contribution in [0, 0.1) is 5.82 Å². The molecule has 0 spiro atoms. The minimum atomic E-state index is -0.480. The molecule has 3 nitrogen and oxygen atoms in total. The molecule has 0 aromatic heterocycles.